The van der Waals surface area contributed by atoms with Gasteiger partial charge >= 0.3 is 51.4 Å². The molecule has 1 aromatic carbocycles. The molecular weight excluding hydrogens is 235 g/mol. The Balaban J connectivity index is 0.00000144. The Morgan fingerprint density at radius 3 is 2.00 bits per heavy atom. The van der Waals surface area contributed by atoms with Gasteiger partial charge in [-0.1, -0.05) is 0 Å². The first-order valence-electron chi connectivity index (χ1n) is 3.15. The van der Waals surface area contributed by atoms with Crippen molar-refractivity contribution in [2.75, 3.05) is 7.11 Å². The first-order chi connectivity index (χ1) is 5.54. The van der Waals surface area contributed by atoms with E-state index >= 15 is 0 Å². The maximum absolute atomic E-state index is 10.9. The summed E-state index contributed by atoms with van der Waals surface area (Å²) in [6.07, 6.45) is 0. The Kier molecular flexibility index (Phi) is 6.17. The molecule has 0 aliphatic rings. The molecule has 13 heavy (non-hydrogen) atoms. The summed E-state index contributed by atoms with van der Waals surface area (Å²) in [6, 6.07) is 6.04. The fourth-order valence-corrected chi connectivity index (χ4v) is 1.59. The van der Waals surface area contributed by atoms with E-state index in [-0.39, 0.29) is 56.3 Å². The fraction of sp³-hybridized carbons (Fsp3) is 0.143. The summed E-state index contributed by atoms with van der Waals surface area (Å²) >= 11 is 3.44. The van der Waals surface area contributed by atoms with Crippen LogP contribution in [0.1, 0.15) is 0 Å². The first kappa shape index (κ1) is 14.0. The molecule has 0 fully saturated rings. The number of rotatable bonds is 2. The molecule has 0 saturated heterocycles. The van der Waals surface area contributed by atoms with Crippen LogP contribution < -0.4 is 4.74 Å². The minimum absolute atomic E-state index is 0. The van der Waals surface area contributed by atoms with Crippen LogP contribution in [0.5, 0.6) is 5.75 Å². The summed E-state index contributed by atoms with van der Waals surface area (Å²) in [5.41, 5.74) is 0. The molecular formula is C7H9KO3S2. The van der Waals surface area contributed by atoms with Gasteiger partial charge in [-0.15, -0.1) is 0 Å². The van der Waals surface area contributed by atoms with Gasteiger partial charge in [0.05, 0.1) is 12.0 Å². The number of hydrogen-bond donors (Lipinski definition) is 1. The molecule has 1 aromatic rings. The van der Waals surface area contributed by atoms with Crippen LogP contribution in [0.25, 0.3) is 0 Å². The molecule has 0 N–H and O–H groups in total. The van der Waals surface area contributed by atoms with Crippen LogP contribution in [0.3, 0.4) is 0 Å². The van der Waals surface area contributed by atoms with Gasteiger partial charge in [-0.2, -0.15) is 0 Å². The standard InChI is InChI=1S/C7H8O3S2.K.H/c1-10-6-2-4-7(5-3-6)12(8,9)11;;/h2-5H,1H3,(H,8,9,11);;. The van der Waals surface area contributed by atoms with Crippen LogP contribution in [0.2, 0.25) is 0 Å². The summed E-state index contributed by atoms with van der Waals surface area (Å²) < 4.78 is 26.6. The molecule has 0 amide bonds. The molecule has 1 rings (SSSR count). The second-order valence-corrected chi connectivity index (χ2v) is 5.01. The quantitative estimate of drug-likeness (QED) is 0.472. The molecule has 0 heterocycles. The van der Waals surface area contributed by atoms with Gasteiger partial charge in [0.1, 0.15) is 5.75 Å². The van der Waals surface area contributed by atoms with Gasteiger partial charge in [0.25, 0.3) is 0 Å². The maximum atomic E-state index is 10.9. The van der Waals surface area contributed by atoms with Gasteiger partial charge in [-0.25, -0.2) is 8.42 Å². The van der Waals surface area contributed by atoms with Crippen molar-refractivity contribution in [1.29, 1.82) is 0 Å². The van der Waals surface area contributed by atoms with Crippen LogP contribution in [0.15, 0.2) is 29.2 Å². The molecule has 0 radical (unpaired) electrons. The van der Waals surface area contributed by atoms with Crippen LogP contribution in [-0.2, 0) is 8.87 Å². The van der Waals surface area contributed by atoms with Gasteiger partial charge in [-0.3, -0.25) is 0 Å². The molecule has 3 nitrogen and oxygen atoms in total. The molecule has 0 aliphatic heterocycles. The van der Waals surface area contributed by atoms with E-state index in [0.717, 1.165) is 0 Å². The molecule has 6 heteroatoms. The molecule has 0 atom stereocenters. The predicted octanol–water partition coefficient (Wildman–Crippen LogP) is 0.665. The van der Waals surface area contributed by atoms with Crippen molar-refractivity contribution in [2.24, 2.45) is 0 Å². The Labute approximate surface area is 125 Å². The molecule has 0 unspecified atom stereocenters. The number of thiol groups is 1. The monoisotopic (exact) mass is 244 g/mol. The van der Waals surface area contributed by atoms with E-state index < -0.39 is 8.87 Å². The van der Waals surface area contributed by atoms with Gasteiger partial charge in [0.15, 0.2) is 0 Å². The number of methoxy groups -OCH3 is 1. The van der Waals surface area contributed by atoms with Crippen molar-refractivity contribution in [2.45, 2.75) is 4.90 Å². The number of ether oxygens (including phenoxy) is 1. The summed E-state index contributed by atoms with van der Waals surface area (Å²) in [4.78, 5) is 0.173. The minimum atomic E-state index is -3.39. The number of hydrogen-bond acceptors (Lipinski definition) is 3. The van der Waals surface area contributed by atoms with Crippen molar-refractivity contribution >= 4 is 71.9 Å². The van der Waals surface area contributed by atoms with E-state index in [9.17, 15) is 8.42 Å². The van der Waals surface area contributed by atoms with Crippen molar-refractivity contribution in [3.8, 4) is 5.75 Å². The molecule has 0 spiro atoms. The summed E-state index contributed by atoms with van der Waals surface area (Å²) in [5, 5.41) is 0. The van der Waals surface area contributed by atoms with Crippen LogP contribution >= 0.6 is 11.7 Å². The average molecular weight is 244 g/mol. The second-order valence-electron chi connectivity index (χ2n) is 2.15. The van der Waals surface area contributed by atoms with Crippen molar-refractivity contribution < 1.29 is 13.2 Å². The third kappa shape index (κ3) is 4.33. The second kappa shape index (κ2) is 5.74. The average Bonchev–Trinajstić information content (AvgIpc) is 2.03. The van der Waals surface area contributed by atoms with E-state index in [4.69, 9.17) is 4.74 Å². The Bertz CT molecular complexity index is 358. The predicted molar refractivity (Wildman–Crippen MR) is 56.3 cm³/mol. The fourth-order valence-electron chi connectivity index (χ4n) is 0.748. The van der Waals surface area contributed by atoms with E-state index in [1.165, 1.54) is 19.2 Å². The SMILES string of the molecule is COc1ccc(S(=O)(=O)S)cc1.[KH]. The molecule has 0 aliphatic carbocycles. The van der Waals surface area contributed by atoms with Gasteiger partial charge in [0.2, 0.25) is 8.87 Å². The van der Waals surface area contributed by atoms with Crippen LogP contribution in [0.4, 0.5) is 0 Å². The van der Waals surface area contributed by atoms with Crippen LogP contribution in [-0.4, -0.2) is 66.9 Å². The van der Waals surface area contributed by atoms with Crippen molar-refractivity contribution in [3.05, 3.63) is 24.3 Å². The van der Waals surface area contributed by atoms with Gasteiger partial charge < -0.3 is 4.74 Å². The van der Waals surface area contributed by atoms with Crippen molar-refractivity contribution in [3.63, 3.8) is 0 Å². The Morgan fingerprint density at radius 1 is 1.23 bits per heavy atom. The Morgan fingerprint density at radius 2 is 1.69 bits per heavy atom. The Hall–Kier alpha value is 0.956. The molecule has 0 bridgehead atoms. The van der Waals surface area contributed by atoms with E-state index in [2.05, 4.69) is 11.7 Å². The van der Waals surface area contributed by atoms with Gasteiger partial charge in [0, 0.05) is 0 Å². The topological polar surface area (TPSA) is 43.4 Å². The third-order valence-corrected chi connectivity index (χ3v) is 2.86. The molecule has 0 saturated carbocycles. The first-order valence-corrected chi connectivity index (χ1v) is 5.69. The van der Waals surface area contributed by atoms with Crippen molar-refractivity contribution in [1.82, 2.24) is 0 Å². The summed E-state index contributed by atoms with van der Waals surface area (Å²) in [6.45, 7) is 0. The van der Waals surface area contributed by atoms with Gasteiger partial charge in [-0.05, 0) is 35.9 Å². The summed E-state index contributed by atoms with van der Waals surface area (Å²) in [5.74, 6) is 0.621. The third-order valence-electron chi connectivity index (χ3n) is 1.36. The molecule has 0 aromatic heterocycles. The summed E-state index contributed by atoms with van der Waals surface area (Å²) in [7, 11) is -1.87. The zero-order valence-corrected chi connectivity index (χ0v) is 8.10. The number of benzene rings is 1. The van der Waals surface area contributed by atoms with E-state index in [1.54, 1.807) is 12.1 Å². The van der Waals surface area contributed by atoms with E-state index in [1.807, 2.05) is 0 Å². The molecule has 68 valence electrons. The normalized spacial score (nSPS) is 10.3. The zero-order valence-electron chi connectivity index (χ0n) is 6.39. The van der Waals surface area contributed by atoms with E-state index in [0.29, 0.717) is 5.75 Å². The zero-order chi connectivity index (χ0) is 9.19. The van der Waals surface area contributed by atoms with Crippen LogP contribution in [0, 0.1) is 0 Å².